The molecule has 0 aliphatic carbocycles. The van der Waals surface area contributed by atoms with Crippen molar-refractivity contribution in [3.8, 4) is 0 Å². The summed E-state index contributed by atoms with van der Waals surface area (Å²) < 4.78 is 0.966. The second kappa shape index (κ2) is 4.22. The molecule has 1 saturated heterocycles. The first-order valence-electron chi connectivity index (χ1n) is 4.65. The van der Waals surface area contributed by atoms with Crippen LogP contribution < -0.4 is 4.90 Å². The minimum Gasteiger partial charge on any atom is -0.296 e. The molecule has 0 radical (unpaired) electrons. The van der Waals surface area contributed by atoms with Crippen molar-refractivity contribution in [1.29, 1.82) is 0 Å². The smallest absolute Gasteiger partial charge is 0.229 e. The van der Waals surface area contributed by atoms with Crippen LogP contribution in [0, 0.1) is 6.92 Å². The molecule has 1 aliphatic heterocycles. The predicted octanol–water partition coefficient (Wildman–Crippen LogP) is 2.65. The van der Waals surface area contributed by atoms with Crippen molar-refractivity contribution in [2.75, 3.05) is 11.4 Å². The Labute approximate surface area is 105 Å². The fraction of sp³-hybridized carbons (Fsp3) is 0.400. The maximum atomic E-state index is 11.6. The molecule has 1 fully saturated rings. The van der Waals surface area contributed by atoms with Gasteiger partial charge in [-0.2, -0.15) is 0 Å². The van der Waals surface area contributed by atoms with Gasteiger partial charge in [-0.05, 0) is 35.0 Å². The molecule has 0 saturated carbocycles. The Hall–Kier alpha value is -0.420. The molecular formula is C10H10Br2N2O. The van der Waals surface area contributed by atoms with E-state index >= 15 is 0 Å². The summed E-state index contributed by atoms with van der Waals surface area (Å²) in [5, 5.41) is 0. The molecule has 1 aliphatic rings. The summed E-state index contributed by atoms with van der Waals surface area (Å²) in [5.41, 5.74) is 0.901. The summed E-state index contributed by atoms with van der Waals surface area (Å²) in [5.74, 6) is 0.869. The van der Waals surface area contributed by atoms with Gasteiger partial charge in [0.25, 0.3) is 0 Å². The van der Waals surface area contributed by atoms with Gasteiger partial charge in [0.1, 0.15) is 5.82 Å². The lowest BCUT2D eigenvalue weighted by molar-refractivity contribution is -0.117. The molecule has 0 aromatic carbocycles. The molecular weight excluding hydrogens is 324 g/mol. The highest BCUT2D eigenvalue weighted by atomic mass is 79.9. The maximum Gasteiger partial charge on any atom is 0.229 e. The molecule has 0 bridgehead atoms. The topological polar surface area (TPSA) is 33.2 Å². The Morgan fingerprint density at radius 1 is 1.53 bits per heavy atom. The third kappa shape index (κ3) is 2.23. The zero-order chi connectivity index (χ0) is 11.0. The highest BCUT2D eigenvalue weighted by Gasteiger charge is 2.29. The van der Waals surface area contributed by atoms with E-state index in [2.05, 4.69) is 36.8 Å². The zero-order valence-corrected chi connectivity index (χ0v) is 11.4. The van der Waals surface area contributed by atoms with Gasteiger partial charge in [-0.25, -0.2) is 4.98 Å². The summed E-state index contributed by atoms with van der Waals surface area (Å²) in [4.78, 5) is 18.0. The highest BCUT2D eigenvalue weighted by molar-refractivity contribution is 9.10. The van der Waals surface area contributed by atoms with E-state index in [1.807, 2.05) is 19.1 Å². The molecule has 3 nitrogen and oxygen atoms in total. The highest BCUT2D eigenvalue weighted by Crippen LogP contribution is 2.25. The Bertz CT molecular complexity index is 408. The van der Waals surface area contributed by atoms with Crippen LogP contribution in [0.5, 0.6) is 0 Å². The van der Waals surface area contributed by atoms with Crippen LogP contribution in [0.3, 0.4) is 0 Å². The molecule has 1 amide bonds. The minimum absolute atomic E-state index is 0.131. The van der Waals surface area contributed by atoms with Gasteiger partial charge in [-0.1, -0.05) is 15.9 Å². The van der Waals surface area contributed by atoms with Crippen molar-refractivity contribution in [3.05, 3.63) is 22.3 Å². The first-order valence-corrected chi connectivity index (χ1v) is 6.36. The van der Waals surface area contributed by atoms with Crippen LogP contribution in [0.1, 0.15) is 12.1 Å². The SMILES string of the molecule is Cc1nc(N2CC(Br)CC2=O)ccc1Br. The number of pyridine rings is 1. The van der Waals surface area contributed by atoms with Crippen LogP contribution in [0.25, 0.3) is 0 Å². The van der Waals surface area contributed by atoms with E-state index in [0.29, 0.717) is 13.0 Å². The monoisotopic (exact) mass is 332 g/mol. The van der Waals surface area contributed by atoms with Crippen LogP contribution in [0.2, 0.25) is 0 Å². The summed E-state index contributed by atoms with van der Waals surface area (Å²) in [6.45, 7) is 2.62. The second-order valence-corrected chi connectivity index (χ2v) is 5.69. The van der Waals surface area contributed by atoms with Gasteiger partial charge in [0.15, 0.2) is 0 Å². The molecule has 80 valence electrons. The Morgan fingerprint density at radius 2 is 2.27 bits per heavy atom. The van der Waals surface area contributed by atoms with Gasteiger partial charge in [0, 0.05) is 22.3 Å². The Balaban J connectivity index is 2.30. The number of hydrogen-bond acceptors (Lipinski definition) is 2. The van der Waals surface area contributed by atoms with Crippen molar-refractivity contribution in [1.82, 2.24) is 4.98 Å². The number of carbonyl (C=O) groups is 1. The second-order valence-electron chi connectivity index (χ2n) is 3.54. The van der Waals surface area contributed by atoms with E-state index in [1.165, 1.54) is 0 Å². The third-order valence-electron chi connectivity index (χ3n) is 2.36. The molecule has 0 spiro atoms. The number of carbonyl (C=O) groups excluding carboxylic acids is 1. The number of rotatable bonds is 1. The van der Waals surface area contributed by atoms with Gasteiger partial charge in [-0.15, -0.1) is 0 Å². The number of nitrogens with zero attached hydrogens (tertiary/aromatic N) is 2. The van der Waals surface area contributed by atoms with Crippen LogP contribution in [-0.2, 0) is 4.79 Å². The third-order valence-corrected chi connectivity index (χ3v) is 3.81. The molecule has 1 aromatic rings. The molecule has 15 heavy (non-hydrogen) atoms. The summed E-state index contributed by atoms with van der Waals surface area (Å²) in [7, 11) is 0. The normalized spacial score (nSPS) is 21.1. The van der Waals surface area contributed by atoms with Gasteiger partial charge in [0.2, 0.25) is 5.91 Å². The van der Waals surface area contributed by atoms with Crippen LogP contribution in [0.4, 0.5) is 5.82 Å². The number of halogens is 2. The van der Waals surface area contributed by atoms with Crippen molar-refractivity contribution in [2.24, 2.45) is 0 Å². The van der Waals surface area contributed by atoms with Crippen LogP contribution in [-0.4, -0.2) is 22.3 Å². The maximum absolute atomic E-state index is 11.6. The van der Waals surface area contributed by atoms with Crippen LogP contribution in [0.15, 0.2) is 16.6 Å². The number of alkyl halides is 1. The number of aromatic nitrogens is 1. The molecule has 2 heterocycles. The lowest BCUT2D eigenvalue weighted by Crippen LogP contribution is -2.25. The van der Waals surface area contributed by atoms with Gasteiger partial charge < -0.3 is 0 Å². The molecule has 2 rings (SSSR count). The summed E-state index contributed by atoms with van der Waals surface area (Å²) >= 11 is 6.84. The predicted molar refractivity (Wildman–Crippen MR) is 66.4 cm³/mol. The molecule has 1 aromatic heterocycles. The van der Waals surface area contributed by atoms with E-state index in [1.54, 1.807) is 4.90 Å². The first-order chi connectivity index (χ1) is 7.08. The minimum atomic E-state index is 0.131. The van der Waals surface area contributed by atoms with E-state index < -0.39 is 0 Å². The number of hydrogen-bond donors (Lipinski definition) is 0. The van der Waals surface area contributed by atoms with Crippen LogP contribution >= 0.6 is 31.9 Å². The zero-order valence-electron chi connectivity index (χ0n) is 8.20. The largest absolute Gasteiger partial charge is 0.296 e. The average Bonchev–Trinajstić information content (AvgIpc) is 2.50. The summed E-state index contributed by atoms with van der Waals surface area (Å²) in [6.07, 6.45) is 0.552. The Kier molecular flexibility index (Phi) is 3.11. The molecule has 5 heteroatoms. The number of aryl methyl sites for hydroxylation is 1. The Morgan fingerprint density at radius 3 is 2.80 bits per heavy atom. The number of amides is 1. The lowest BCUT2D eigenvalue weighted by Gasteiger charge is -2.15. The van der Waals surface area contributed by atoms with Gasteiger partial charge in [0.05, 0.1) is 5.69 Å². The van der Waals surface area contributed by atoms with Crippen molar-refractivity contribution < 1.29 is 4.79 Å². The summed E-state index contributed by atoms with van der Waals surface area (Å²) in [6, 6.07) is 3.78. The van der Waals surface area contributed by atoms with E-state index in [9.17, 15) is 4.79 Å². The van der Waals surface area contributed by atoms with Crippen molar-refractivity contribution in [2.45, 2.75) is 18.2 Å². The molecule has 1 unspecified atom stereocenters. The van der Waals surface area contributed by atoms with Crippen molar-refractivity contribution in [3.63, 3.8) is 0 Å². The van der Waals surface area contributed by atoms with E-state index in [0.717, 1.165) is 16.0 Å². The standard InChI is InChI=1S/C10H10Br2N2O/c1-6-8(12)2-3-9(13-6)14-5-7(11)4-10(14)15/h2-3,7H,4-5H2,1H3. The number of anilines is 1. The van der Waals surface area contributed by atoms with Crippen molar-refractivity contribution >= 4 is 43.6 Å². The fourth-order valence-corrected chi connectivity index (χ4v) is 2.35. The average molecular weight is 334 g/mol. The quantitative estimate of drug-likeness (QED) is 0.740. The first kappa shape index (κ1) is 11.1. The molecule has 1 atom stereocenters. The van der Waals surface area contributed by atoms with E-state index in [-0.39, 0.29) is 10.7 Å². The van der Waals surface area contributed by atoms with Gasteiger partial charge in [-0.3, -0.25) is 9.69 Å². The molecule has 0 N–H and O–H groups in total. The van der Waals surface area contributed by atoms with E-state index in [4.69, 9.17) is 0 Å². The lowest BCUT2D eigenvalue weighted by atomic mass is 10.3. The van der Waals surface area contributed by atoms with Gasteiger partial charge >= 0.3 is 0 Å². The fourth-order valence-electron chi connectivity index (χ4n) is 1.57.